The van der Waals surface area contributed by atoms with Crippen molar-refractivity contribution in [2.75, 3.05) is 19.7 Å². The van der Waals surface area contributed by atoms with Crippen molar-refractivity contribution in [3.05, 3.63) is 60.2 Å². The van der Waals surface area contributed by atoms with Crippen LogP contribution >= 0.6 is 0 Å². The zero-order valence-corrected chi connectivity index (χ0v) is 17.4. The van der Waals surface area contributed by atoms with Crippen molar-refractivity contribution in [2.45, 2.75) is 16.2 Å². The zero-order valence-electron chi connectivity index (χ0n) is 15.8. The number of benzene rings is 2. The van der Waals surface area contributed by atoms with Crippen molar-refractivity contribution in [1.82, 2.24) is 10.0 Å². The maximum Gasteiger partial charge on any atom is 0.321 e. The number of amides is 1. The maximum absolute atomic E-state index is 12.0. The number of nitrogens with one attached hydrogen (secondary N) is 2. The summed E-state index contributed by atoms with van der Waals surface area (Å²) in [5.41, 5.74) is 0.773. The van der Waals surface area contributed by atoms with E-state index in [1.54, 1.807) is 30.3 Å². The van der Waals surface area contributed by atoms with Gasteiger partial charge in [-0.05, 0) is 36.2 Å². The first-order valence-electron chi connectivity index (χ1n) is 8.67. The smallest absolute Gasteiger partial charge is 0.321 e. The number of carbonyl (C=O) groups excluding carboxylic acids is 2. The highest BCUT2D eigenvalue weighted by molar-refractivity contribution is 7.89. The van der Waals surface area contributed by atoms with Gasteiger partial charge >= 0.3 is 5.97 Å². The Morgan fingerprint density at radius 2 is 1.53 bits per heavy atom. The Balaban J connectivity index is 1.68. The fourth-order valence-corrected chi connectivity index (χ4v) is 3.78. The van der Waals surface area contributed by atoms with Gasteiger partial charge in [0.15, 0.2) is 6.61 Å². The van der Waals surface area contributed by atoms with Crippen LogP contribution in [-0.4, -0.2) is 48.4 Å². The molecule has 2 aromatic carbocycles. The van der Waals surface area contributed by atoms with E-state index in [1.807, 2.05) is 0 Å². The molecule has 162 valence electrons. The van der Waals surface area contributed by atoms with E-state index < -0.39 is 45.1 Å². The fourth-order valence-electron chi connectivity index (χ4n) is 2.28. The minimum absolute atomic E-state index is 0.00707. The van der Waals surface area contributed by atoms with Crippen LogP contribution < -0.4 is 15.2 Å². The second-order valence-electron chi connectivity index (χ2n) is 6.09. The van der Waals surface area contributed by atoms with Crippen LogP contribution in [0.2, 0.25) is 0 Å². The molecule has 0 saturated heterocycles. The van der Waals surface area contributed by atoms with Crippen LogP contribution in [-0.2, 0) is 40.8 Å². The Morgan fingerprint density at radius 1 is 0.900 bits per heavy atom. The van der Waals surface area contributed by atoms with Gasteiger partial charge < -0.3 is 10.1 Å². The Kier molecular flexibility index (Phi) is 8.06. The monoisotopic (exact) mass is 455 g/mol. The number of carbonyl (C=O) groups is 2. The van der Waals surface area contributed by atoms with Gasteiger partial charge in [-0.25, -0.2) is 22.0 Å². The molecule has 0 aliphatic carbocycles. The first-order valence-corrected chi connectivity index (χ1v) is 11.7. The van der Waals surface area contributed by atoms with Gasteiger partial charge in [-0.3, -0.25) is 9.59 Å². The number of ether oxygens (including phenoxy) is 1. The first-order chi connectivity index (χ1) is 14.1. The topological polar surface area (TPSA) is 162 Å². The summed E-state index contributed by atoms with van der Waals surface area (Å²) in [6.07, 6.45) is 0.418. The molecule has 0 atom stereocenters. The average Bonchev–Trinajstić information content (AvgIpc) is 2.71. The SMILES string of the molecule is NS(=O)(=O)c1ccc(CCNC(=O)COC(=O)CNS(=O)(=O)c2ccccc2)cc1. The van der Waals surface area contributed by atoms with Gasteiger partial charge in [0.1, 0.15) is 6.54 Å². The highest BCUT2D eigenvalue weighted by atomic mass is 32.2. The fraction of sp³-hybridized carbons (Fsp3) is 0.222. The van der Waals surface area contributed by atoms with E-state index in [-0.39, 0.29) is 16.3 Å². The van der Waals surface area contributed by atoms with Gasteiger partial charge in [-0.2, -0.15) is 4.72 Å². The summed E-state index contributed by atoms with van der Waals surface area (Å²) in [6.45, 7) is -0.942. The lowest BCUT2D eigenvalue weighted by Gasteiger charge is -2.08. The normalized spacial score (nSPS) is 11.6. The second-order valence-corrected chi connectivity index (χ2v) is 9.42. The molecule has 10 nitrogen and oxygen atoms in total. The van der Waals surface area contributed by atoms with E-state index in [0.717, 1.165) is 5.56 Å². The summed E-state index contributed by atoms with van der Waals surface area (Å²) in [7, 11) is -7.61. The van der Waals surface area contributed by atoms with E-state index >= 15 is 0 Å². The number of nitrogens with two attached hydrogens (primary N) is 1. The van der Waals surface area contributed by atoms with E-state index in [2.05, 4.69) is 10.0 Å². The Morgan fingerprint density at radius 3 is 2.13 bits per heavy atom. The summed E-state index contributed by atoms with van der Waals surface area (Å²) in [5, 5.41) is 7.55. The molecular weight excluding hydrogens is 434 g/mol. The lowest BCUT2D eigenvalue weighted by atomic mass is 10.1. The van der Waals surface area contributed by atoms with E-state index in [9.17, 15) is 26.4 Å². The van der Waals surface area contributed by atoms with Crippen molar-refractivity contribution in [3.63, 3.8) is 0 Å². The third-order valence-electron chi connectivity index (χ3n) is 3.81. The molecule has 2 aromatic rings. The maximum atomic E-state index is 12.0. The third kappa shape index (κ3) is 7.55. The van der Waals surface area contributed by atoms with Gasteiger partial charge in [0, 0.05) is 6.54 Å². The molecule has 1 amide bonds. The summed E-state index contributed by atoms with van der Waals surface area (Å²) in [6, 6.07) is 13.4. The lowest BCUT2D eigenvalue weighted by molar-refractivity contribution is -0.147. The van der Waals surface area contributed by atoms with Crippen molar-refractivity contribution >= 4 is 31.9 Å². The molecule has 4 N–H and O–H groups in total. The number of rotatable bonds is 10. The van der Waals surface area contributed by atoms with Gasteiger partial charge in [0.2, 0.25) is 20.0 Å². The van der Waals surface area contributed by atoms with Crippen LogP contribution in [0.5, 0.6) is 0 Å². The minimum atomic E-state index is -3.85. The van der Waals surface area contributed by atoms with Crippen molar-refractivity contribution in [2.24, 2.45) is 5.14 Å². The number of hydrogen-bond acceptors (Lipinski definition) is 7. The Labute approximate surface area is 174 Å². The van der Waals surface area contributed by atoms with Crippen molar-refractivity contribution in [1.29, 1.82) is 0 Å². The molecule has 0 saturated carbocycles. The Hall–Kier alpha value is -2.80. The molecule has 0 bridgehead atoms. The summed E-state index contributed by atoms with van der Waals surface area (Å²) in [4.78, 5) is 23.4. The molecule has 2 rings (SSSR count). The molecule has 30 heavy (non-hydrogen) atoms. The largest absolute Gasteiger partial charge is 0.455 e. The van der Waals surface area contributed by atoms with Crippen LogP contribution in [0.4, 0.5) is 0 Å². The lowest BCUT2D eigenvalue weighted by Crippen LogP contribution is -2.34. The number of primary sulfonamides is 1. The predicted molar refractivity (Wildman–Crippen MR) is 107 cm³/mol. The van der Waals surface area contributed by atoms with Crippen LogP contribution in [0.15, 0.2) is 64.4 Å². The minimum Gasteiger partial charge on any atom is -0.455 e. The molecule has 0 aliphatic heterocycles. The summed E-state index contributed by atoms with van der Waals surface area (Å²) >= 11 is 0. The summed E-state index contributed by atoms with van der Waals surface area (Å²) < 4.78 is 53.2. The molecular formula is C18H21N3O7S2. The second kappa shape index (κ2) is 10.3. The Bertz CT molecular complexity index is 1080. The number of esters is 1. The van der Waals surface area contributed by atoms with Crippen molar-refractivity contribution in [3.8, 4) is 0 Å². The van der Waals surface area contributed by atoms with Crippen LogP contribution in [0.1, 0.15) is 5.56 Å². The number of sulfonamides is 2. The molecule has 0 heterocycles. The average molecular weight is 456 g/mol. The van der Waals surface area contributed by atoms with E-state index in [0.29, 0.717) is 6.42 Å². The molecule has 0 fully saturated rings. The molecule has 12 heteroatoms. The standard InChI is InChI=1S/C18H21N3O7S2/c19-29(24,25)15-8-6-14(7-9-15)10-11-20-17(22)13-28-18(23)12-21-30(26,27)16-4-2-1-3-5-16/h1-9,21H,10-13H2,(H,20,22)(H2,19,24,25). The van der Waals surface area contributed by atoms with Crippen LogP contribution in [0.25, 0.3) is 0 Å². The molecule has 0 aromatic heterocycles. The van der Waals surface area contributed by atoms with Crippen LogP contribution in [0, 0.1) is 0 Å². The highest BCUT2D eigenvalue weighted by Crippen LogP contribution is 2.09. The van der Waals surface area contributed by atoms with E-state index in [1.165, 1.54) is 24.3 Å². The van der Waals surface area contributed by atoms with Crippen LogP contribution in [0.3, 0.4) is 0 Å². The zero-order chi connectivity index (χ0) is 22.2. The quantitative estimate of drug-likeness (QED) is 0.407. The van der Waals surface area contributed by atoms with Gasteiger partial charge in [0.05, 0.1) is 9.79 Å². The predicted octanol–water partition coefficient (Wildman–Crippen LogP) is -0.486. The van der Waals surface area contributed by atoms with Gasteiger partial charge in [-0.15, -0.1) is 0 Å². The summed E-state index contributed by atoms with van der Waals surface area (Å²) in [5.74, 6) is -1.46. The van der Waals surface area contributed by atoms with Crippen molar-refractivity contribution < 1.29 is 31.2 Å². The third-order valence-corrected chi connectivity index (χ3v) is 6.16. The molecule has 0 radical (unpaired) electrons. The number of hydrogen-bond donors (Lipinski definition) is 3. The molecule has 0 aliphatic rings. The highest BCUT2D eigenvalue weighted by Gasteiger charge is 2.16. The van der Waals surface area contributed by atoms with Gasteiger partial charge in [0.25, 0.3) is 5.91 Å². The molecule has 0 unspecified atom stereocenters. The van der Waals surface area contributed by atoms with E-state index in [4.69, 9.17) is 9.88 Å². The first kappa shape index (κ1) is 23.5. The van der Waals surface area contributed by atoms with Gasteiger partial charge in [-0.1, -0.05) is 30.3 Å². The molecule has 0 spiro atoms.